The van der Waals surface area contributed by atoms with Crippen molar-refractivity contribution in [1.82, 2.24) is 10.2 Å². The number of nitrogens with one attached hydrogen (secondary N) is 1. The van der Waals surface area contributed by atoms with Gasteiger partial charge in [-0.1, -0.05) is 42.8 Å². The van der Waals surface area contributed by atoms with E-state index in [4.69, 9.17) is 16.3 Å². The molecule has 4 nitrogen and oxygen atoms in total. The number of hydrogen-bond acceptors (Lipinski definition) is 3. The Morgan fingerprint density at radius 2 is 1.71 bits per heavy atom. The van der Waals surface area contributed by atoms with Crippen LogP contribution in [0.4, 0.5) is 0 Å². The molecule has 1 aliphatic rings. The third-order valence-corrected chi connectivity index (χ3v) is 5.53. The molecule has 0 spiro atoms. The molecular weight excluding hydrogens is 372 g/mol. The molecule has 1 saturated heterocycles. The number of hydrogen-bond donors (Lipinski definition) is 1. The van der Waals surface area contributed by atoms with E-state index in [1.54, 1.807) is 0 Å². The third kappa shape index (κ3) is 6.25. The number of carbonyl (C=O) groups is 1. The smallest absolute Gasteiger partial charge is 0.223 e. The number of likely N-dealkylation sites (tertiary alicyclic amines) is 1. The third-order valence-electron chi connectivity index (χ3n) is 5.28. The summed E-state index contributed by atoms with van der Waals surface area (Å²) in [6.45, 7) is 5.97. The largest absolute Gasteiger partial charge is 0.492 e. The maximum Gasteiger partial charge on any atom is 0.223 e. The first-order valence-corrected chi connectivity index (χ1v) is 10.5. The van der Waals surface area contributed by atoms with Crippen LogP contribution in [0.15, 0.2) is 48.5 Å². The van der Waals surface area contributed by atoms with Crippen molar-refractivity contribution in [2.24, 2.45) is 5.92 Å². The van der Waals surface area contributed by atoms with Gasteiger partial charge in [0.1, 0.15) is 12.4 Å². The SMILES string of the molecule is CCc1ccc(OCCNC(=O)C2CCN(Cc3ccc(Cl)cc3)CC2)cc1. The van der Waals surface area contributed by atoms with Crippen molar-refractivity contribution in [2.75, 3.05) is 26.2 Å². The van der Waals surface area contributed by atoms with E-state index >= 15 is 0 Å². The quantitative estimate of drug-likeness (QED) is 0.671. The lowest BCUT2D eigenvalue weighted by atomic mass is 9.95. The molecule has 0 bridgehead atoms. The normalized spacial score (nSPS) is 15.4. The molecule has 2 aromatic carbocycles. The van der Waals surface area contributed by atoms with Crippen LogP contribution in [0, 0.1) is 5.92 Å². The summed E-state index contributed by atoms with van der Waals surface area (Å²) in [6, 6.07) is 16.1. The number of ether oxygens (including phenoxy) is 1. The van der Waals surface area contributed by atoms with E-state index in [1.165, 1.54) is 11.1 Å². The Balaban J connectivity index is 1.32. The number of benzene rings is 2. The van der Waals surface area contributed by atoms with Crippen LogP contribution in [0.5, 0.6) is 5.75 Å². The predicted molar refractivity (Wildman–Crippen MR) is 114 cm³/mol. The first-order valence-electron chi connectivity index (χ1n) is 10.1. The molecule has 1 N–H and O–H groups in total. The fourth-order valence-corrected chi connectivity index (χ4v) is 3.64. The van der Waals surface area contributed by atoms with Crippen LogP contribution >= 0.6 is 11.6 Å². The van der Waals surface area contributed by atoms with Crippen molar-refractivity contribution >= 4 is 17.5 Å². The molecule has 0 unspecified atom stereocenters. The van der Waals surface area contributed by atoms with Gasteiger partial charge in [-0.15, -0.1) is 0 Å². The highest BCUT2D eigenvalue weighted by Gasteiger charge is 2.24. The van der Waals surface area contributed by atoms with Crippen molar-refractivity contribution in [3.8, 4) is 5.75 Å². The van der Waals surface area contributed by atoms with Gasteiger partial charge in [-0.05, 0) is 67.7 Å². The van der Waals surface area contributed by atoms with E-state index in [-0.39, 0.29) is 11.8 Å². The molecule has 150 valence electrons. The summed E-state index contributed by atoms with van der Waals surface area (Å²) < 4.78 is 5.70. The number of rotatable bonds is 8. The van der Waals surface area contributed by atoms with Gasteiger partial charge in [0.25, 0.3) is 0 Å². The van der Waals surface area contributed by atoms with E-state index in [2.05, 4.69) is 41.4 Å². The number of aryl methyl sites for hydroxylation is 1. The molecule has 0 aromatic heterocycles. The van der Waals surface area contributed by atoms with E-state index in [9.17, 15) is 4.79 Å². The van der Waals surface area contributed by atoms with Gasteiger partial charge in [0.2, 0.25) is 5.91 Å². The monoisotopic (exact) mass is 400 g/mol. The zero-order chi connectivity index (χ0) is 19.8. The lowest BCUT2D eigenvalue weighted by molar-refractivity contribution is -0.126. The van der Waals surface area contributed by atoms with E-state index in [0.717, 1.165) is 49.7 Å². The van der Waals surface area contributed by atoms with Gasteiger partial charge < -0.3 is 10.1 Å². The lowest BCUT2D eigenvalue weighted by Gasteiger charge is -2.31. The second-order valence-corrected chi connectivity index (χ2v) is 7.75. The van der Waals surface area contributed by atoms with Crippen LogP contribution < -0.4 is 10.1 Å². The standard InChI is InChI=1S/C23H29ClN2O2/c1-2-18-5-9-22(10-6-18)28-16-13-25-23(27)20-11-14-26(15-12-20)17-19-3-7-21(24)8-4-19/h3-10,20H,2,11-17H2,1H3,(H,25,27). The summed E-state index contributed by atoms with van der Waals surface area (Å²) in [5.41, 5.74) is 2.56. The molecule has 1 aliphatic heterocycles. The highest BCUT2D eigenvalue weighted by molar-refractivity contribution is 6.30. The molecule has 1 fully saturated rings. The highest BCUT2D eigenvalue weighted by atomic mass is 35.5. The lowest BCUT2D eigenvalue weighted by Crippen LogP contribution is -2.41. The summed E-state index contributed by atoms with van der Waals surface area (Å²) in [6.07, 6.45) is 2.83. The van der Waals surface area contributed by atoms with Gasteiger partial charge in [-0.2, -0.15) is 0 Å². The van der Waals surface area contributed by atoms with E-state index in [0.29, 0.717) is 13.2 Å². The topological polar surface area (TPSA) is 41.6 Å². The molecule has 1 amide bonds. The van der Waals surface area contributed by atoms with E-state index in [1.807, 2.05) is 24.3 Å². The minimum atomic E-state index is 0.102. The summed E-state index contributed by atoms with van der Waals surface area (Å²) in [5, 5.41) is 3.78. The van der Waals surface area contributed by atoms with Crippen molar-refractivity contribution in [1.29, 1.82) is 0 Å². The molecule has 1 heterocycles. The average molecular weight is 401 g/mol. The second-order valence-electron chi connectivity index (χ2n) is 7.31. The maximum atomic E-state index is 12.4. The Morgan fingerprint density at radius 1 is 1.07 bits per heavy atom. The molecule has 5 heteroatoms. The molecule has 0 saturated carbocycles. The van der Waals surface area contributed by atoms with Crippen LogP contribution in [0.2, 0.25) is 5.02 Å². The number of nitrogens with zero attached hydrogens (tertiary/aromatic N) is 1. The highest BCUT2D eigenvalue weighted by Crippen LogP contribution is 2.20. The van der Waals surface area contributed by atoms with Gasteiger partial charge in [0.05, 0.1) is 6.54 Å². The summed E-state index contributed by atoms with van der Waals surface area (Å²) in [5.74, 6) is 1.10. The number of carbonyl (C=O) groups excluding carboxylic acids is 1. The van der Waals surface area contributed by atoms with Gasteiger partial charge in [0.15, 0.2) is 0 Å². The predicted octanol–water partition coefficient (Wildman–Crippen LogP) is 4.31. The Kier molecular flexibility index (Phi) is 7.75. The number of halogens is 1. The van der Waals surface area contributed by atoms with Crippen LogP contribution in [0.1, 0.15) is 30.9 Å². The first-order chi connectivity index (χ1) is 13.6. The summed E-state index contributed by atoms with van der Waals surface area (Å²) in [4.78, 5) is 14.8. The first kappa shape index (κ1) is 20.7. The van der Waals surface area contributed by atoms with Gasteiger partial charge in [0, 0.05) is 17.5 Å². The maximum absolute atomic E-state index is 12.4. The summed E-state index contributed by atoms with van der Waals surface area (Å²) >= 11 is 5.94. The molecular formula is C23H29ClN2O2. The zero-order valence-corrected chi connectivity index (χ0v) is 17.3. The number of piperidine rings is 1. The van der Waals surface area contributed by atoms with Crippen molar-refractivity contribution < 1.29 is 9.53 Å². The van der Waals surface area contributed by atoms with Crippen molar-refractivity contribution in [3.05, 3.63) is 64.7 Å². The molecule has 0 radical (unpaired) electrons. The second kappa shape index (κ2) is 10.5. The molecule has 2 aromatic rings. The molecule has 0 atom stereocenters. The Morgan fingerprint density at radius 3 is 2.36 bits per heavy atom. The van der Waals surface area contributed by atoms with Crippen LogP contribution in [0.25, 0.3) is 0 Å². The minimum absolute atomic E-state index is 0.102. The molecule has 3 rings (SSSR count). The number of amides is 1. The van der Waals surface area contributed by atoms with Crippen LogP contribution in [-0.4, -0.2) is 37.0 Å². The molecule has 28 heavy (non-hydrogen) atoms. The molecule has 0 aliphatic carbocycles. The van der Waals surface area contributed by atoms with Crippen LogP contribution in [-0.2, 0) is 17.8 Å². The fourth-order valence-electron chi connectivity index (χ4n) is 3.51. The van der Waals surface area contributed by atoms with Gasteiger partial charge in [-0.3, -0.25) is 9.69 Å². The summed E-state index contributed by atoms with van der Waals surface area (Å²) in [7, 11) is 0. The Labute approximate surface area is 172 Å². The van der Waals surface area contributed by atoms with Crippen molar-refractivity contribution in [2.45, 2.75) is 32.7 Å². The van der Waals surface area contributed by atoms with Gasteiger partial charge >= 0.3 is 0 Å². The zero-order valence-electron chi connectivity index (χ0n) is 16.5. The van der Waals surface area contributed by atoms with Crippen LogP contribution in [0.3, 0.4) is 0 Å². The van der Waals surface area contributed by atoms with Gasteiger partial charge in [-0.25, -0.2) is 0 Å². The average Bonchev–Trinajstić information content (AvgIpc) is 2.73. The Hall–Kier alpha value is -2.04. The Bertz CT molecular complexity index is 738. The fraction of sp³-hybridized carbons (Fsp3) is 0.435. The minimum Gasteiger partial charge on any atom is -0.492 e. The van der Waals surface area contributed by atoms with Crippen molar-refractivity contribution in [3.63, 3.8) is 0 Å². The van der Waals surface area contributed by atoms with E-state index < -0.39 is 0 Å².